The fraction of sp³-hybridized carbons (Fsp3) is 0.435. The van der Waals surface area contributed by atoms with Gasteiger partial charge in [0, 0.05) is 36.6 Å². The van der Waals surface area contributed by atoms with E-state index in [4.69, 9.17) is 14.2 Å². The number of benzene rings is 1. The molecule has 2 saturated heterocycles. The summed E-state index contributed by atoms with van der Waals surface area (Å²) in [5, 5.41) is 7.52. The molecule has 6 nitrogen and oxygen atoms in total. The number of amides is 1. The van der Waals surface area contributed by atoms with Gasteiger partial charge in [0.2, 0.25) is 0 Å². The van der Waals surface area contributed by atoms with E-state index in [1.54, 1.807) is 11.3 Å². The van der Waals surface area contributed by atoms with Crippen LogP contribution in [-0.4, -0.2) is 46.7 Å². The van der Waals surface area contributed by atoms with E-state index >= 15 is 0 Å². The lowest BCUT2D eigenvalue weighted by molar-refractivity contribution is -0.142. The van der Waals surface area contributed by atoms with Gasteiger partial charge in [0.15, 0.2) is 0 Å². The Hall–Kier alpha value is -2.51. The summed E-state index contributed by atoms with van der Waals surface area (Å²) in [4.78, 5) is 19.5. The molecule has 0 spiro atoms. The smallest absolute Gasteiger partial charge is 0.251 e. The monoisotopic (exact) mass is 423 g/mol. The normalized spacial score (nSPS) is 20.0. The third kappa shape index (κ3) is 3.68. The number of rotatable bonds is 4. The third-order valence-electron chi connectivity index (χ3n) is 6.05. The summed E-state index contributed by atoms with van der Waals surface area (Å²) in [7, 11) is 0. The van der Waals surface area contributed by atoms with Gasteiger partial charge >= 0.3 is 0 Å². The summed E-state index contributed by atoms with van der Waals surface area (Å²) in [6.07, 6.45) is 3.51. The van der Waals surface area contributed by atoms with Crippen LogP contribution < -0.4 is 0 Å². The third-order valence-corrected chi connectivity index (χ3v) is 7.06. The Morgan fingerprint density at radius 2 is 1.97 bits per heavy atom. The molecule has 2 aliphatic heterocycles. The molecule has 1 atom stereocenters. The summed E-state index contributed by atoms with van der Waals surface area (Å²) in [6, 6.07) is 10.1. The predicted octanol–water partition coefficient (Wildman–Crippen LogP) is 4.66. The van der Waals surface area contributed by atoms with Crippen molar-refractivity contribution in [3.8, 4) is 22.5 Å². The summed E-state index contributed by atoms with van der Waals surface area (Å²) in [5.74, 6) is 1.33. The van der Waals surface area contributed by atoms with E-state index < -0.39 is 0 Å². The van der Waals surface area contributed by atoms with Crippen LogP contribution in [0.4, 0.5) is 0 Å². The van der Waals surface area contributed by atoms with Crippen molar-refractivity contribution in [3.05, 3.63) is 46.5 Å². The minimum absolute atomic E-state index is 0.165. The van der Waals surface area contributed by atoms with Crippen LogP contribution in [0.2, 0.25) is 0 Å². The Bertz CT molecular complexity index is 1020. The lowest BCUT2D eigenvalue weighted by Gasteiger charge is -2.32. The van der Waals surface area contributed by atoms with E-state index in [1.807, 2.05) is 42.2 Å². The predicted molar refractivity (Wildman–Crippen MR) is 115 cm³/mol. The molecule has 1 amide bonds. The molecule has 2 aromatic heterocycles. The van der Waals surface area contributed by atoms with Crippen molar-refractivity contribution in [1.29, 1.82) is 0 Å². The Kier molecular flexibility index (Phi) is 5.39. The average molecular weight is 424 g/mol. The van der Waals surface area contributed by atoms with Crippen molar-refractivity contribution in [2.75, 3.05) is 19.7 Å². The zero-order valence-corrected chi connectivity index (χ0v) is 17.9. The van der Waals surface area contributed by atoms with Crippen LogP contribution in [0.1, 0.15) is 42.4 Å². The second kappa shape index (κ2) is 8.32. The average Bonchev–Trinajstić information content (AvgIpc) is 3.55. The number of hydrogen-bond acceptors (Lipinski definition) is 6. The Morgan fingerprint density at radius 1 is 1.17 bits per heavy atom. The highest BCUT2D eigenvalue weighted by atomic mass is 32.1. The fourth-order valence-electron chi connectivity index (χ4n) is 4.38. The first-order valence-corrected chi connectivity index (χ1v) is 11.5. The minimum Gasteiger partial charge on any atom is -0.368 e. The molecule has 0 N–H and O–H groups in total. The van der Waals surface area contributed by atoms with Crippen molar-refractivity contribution >= 4 is 17.2 Å². The molecule has 7 heteroatoms. The van der Waals surface area contributed by atoms with Crippen LogP contribution in [0.5, 0.6) is 0 Å². The maximum absolute atomic E-state index is 12.6. The molecule has 30 heavy (non-hydrogen) atoms. The van der Waals surface area contributed by atoms with E-state index in [2.05, 4.69) is 10.5 Å². The second-order valence-corrected chi connectivity index (χ2v) is 8.89. The molecule has 156 valence electrons. The number of hydrogen-bond donors (Lipinski definition) is 0. The zero-order chi connectivity index (χ0) is 20.5. The minimum atomic E-state index is -0.221. The summed E-state index contributed by atoms with van der Waals surface area (Å²) in [6.45, 7) is 4.20. The number of aromatic nitrogens is 2. The number of ether oxygens (including phenoxy) is 1. The van der Waals surface area contributed by atoms with Crippen molar-refractivity contribution in [1.82, 2.24) is 15.0 Å². The molecule has 4 heterocycles. The van der Waals surface area contributed by atoms with Gasteiger partial charge in [-0.3, -0.25) is 4.79 Å². The van der Waals surface area contributed by atoms with Crippen molar-refractivity contribution < 1.29 is 14.1 Å². The highest BCUT2D eigenvalue weighted by molar-refractivity contribution is 7.10. The molecule has 3 aromatic rings. The van der Waals surface area contributed by atoms with Gasteiger partial charge < -0.3 is 14.2 Å². The standard InChI is InChI=1S/C23H25N3O3S/c1-15-20(21(25-29-15)16-6-3-2-4-7-16)18-14-30-22(24-18)17-9-11-26(12-10-17)23(27)19-8-5-13-28-19/h2-4,6-7,14,17,19H,5,8-13H2,1H3. The van der Waals surface area contributed by atoms with E-state index in [9.17, 15) is 4.79 Å². The number of carbonyl (C=O) groups is 1. The zero-order valence-electron chi connectivity index (χ0n) is 17.0. The Morgan fingerprint density at radius 3 is 2.70 bits per heavy atom. The molecule has 2 fully saturated rings. The van der Waals surface area contributed by atoms with Crippen LogP contribution in [0.3, 0.4) is 0 Å². The van der Waals surface area contributed by atoms with E-state index in [1.165, 1.54) is 0 Å². The first-order chi connectivity index (χ1) is 14.7. The maximum Gasteiger partial charge on any atom is 0.251 e. The maximum atomic E-state index is 12.6. The lowest BCUT2D eigenvalue weighted by Crippen LogP contribution is -2.43. The largest absolute Gasteiger partial charge is 0.368 e. The van der Waals surface area contributed by atoms with Gasteiger partial charge in [-0.1, -0.05) is 35.5 Å². The summed E-state index contributed by atoms with van der Waals surface area (Å²) in [5.41, 5.74) is 3.75. The topological polar surface area (TPSA) is 68.5 Å². The highest BCUT2D eigenvalue weighted by Gasteiger charge is 2.32. The van der Waals surface area contributed by atoms with Gasteiger partial charge in [-0.05, 0) is 32.6 Å². The van der Waals surface area contributed by atoms with E-state index in [0.717, 1.165) is 72.1 Å². The number of likely N-dealkylation sites (tertiary alicyclic amines) is 1. The Balaban J connectivity index is 1.30. The van der Waals surface area contributed by atoms with Gasteiger partial charge in [0.05, 0.1) is 16.3 Å². The van der Waals surface area contributed by atoms with Crippen LogP contribution >= 0.6 is 11.3 Å². The van der Waals surface area contributed by atoms with Crippen LogP contribution in [0.15, 0.2) is 40.2 Å². The molecule has 1 unspecified atom stereocenters. The van der Waals surface area contributed by atoms with Gasteiger partial charge in [-0.15, -0.1) is 11.3 Å². The molecule has 0 bridgehead atoms. The number of nitrogens with zero attached hydrogens (tertiary/aromatic N) is 3. The second-order valence-electron chi connectivity index (χ2n) is 8.00. The number of thiazole rings is 1. The highest BCUT2D eigenvalue weighted by Crippen LogP contribution is 2.38. The van der Waals surface area contributed by atoms with Gasteiger partial charge in [-0.25, -0.2) is 4.98 Å². The first kappa shape index (κ1) is 19.5. The quantitative estimate of drug-likeness (QED) is 0.611. The first-order valence-electron chi connectivity index (χ1n) is 10.6. The lowest BCUT2D eigenvalue weighted by atomic mass is 9.97. The summed E-state index contributed by atoms with van der Waals surface area (Å²) < 4.78 is 11.1. The molecular weight excluding hydrogens is 398 g/mol. The van der Waals surface area contributed by atoms with E-state index in [-0.39, 0.29) is 12.0 Å². The van der Waals surface area contributed by atoms with Crippen LogP contribution in [0, 0.1) is 6.92 Å². The van der Waals surface area contributed by atoms with Crippen molar-refractivity contribution in [2.45, 2.75) is 44.6 Å². The van der Waals surface area contributed by atoms with E-state index in [0.29, 0.717) is 12.5 Å². The Labute approximate surface area is 179 Å². The molecule has 1 aromatic carbocycles. The molecule has 5 rings (SSSR count). The molecule has 0 aliphatic carbocycles. The molecule has 2 aliphatic rings. The molecule has 0 saturated carbocycles. The summed E-state index contributed by atoms with van der Waals surface area (Å²) >= 11 is 1.69. The molecular formula is C23H25N3O3S. The number of aryl methyl sites for hydroxylation is 1. The van der Waals surface area contributed by atoms with Gasteiger partial charge in [0.25, 0.3) is 5.91 Å². The van der Waals surface area contributed by atoms with Crippen molar-refractivity contribution in [2.24, 2.45) is 0 Å². The fourth-order valence-corrected chi connectivity index (χ4v) is 5.36. The van der Waals surface area contributed by atoms with Crippen LogP contribution in [-0.2, 0) is 9.53 Å². The van der Waals surface area contributed by atoms with Crippen LogP contribution in [0.25, 0.3) is 22.5 Å². The number of piperidine rings is 1. The van der Waals surface area contributed by atoms with Crippen molar-refractivity contribution in [3.63, 3.8) is 0 Å². The molecule has 0 radical (unpaired) electrons. The SMILES string of the molecule is Cc1onc(-c2ccccc2)c1-c1csc(C2CCN(C(=O)C3CCCO3)CC2)n1. The van der Waals surface area contributed by atoms with Gasteiger partial charge in [0.1, 0.15) is 17.6 Å². The van der Waals surface area contributed by atoms with Gasteiger partial charge in [-0.2, -0.15) is 0 Å². The number of carbonyl (C=O) groups excluding carboxylic acids is 1.